The van der Waals surface area contributed by atoms with E-state index in [1.54, 1.807) is 30.6 Å². The standard InChI is InChI=1S/C15H17FN2O2S/c1-11-6-17-15(18-7-11)21-10-13(19)9-20-8-12-4-2-3-5-14(12)16/h2-7,13,19H,8-10H2,1H3. The molecule has 2 aromatic rings. The van der Waals surface area contributed by atoms with Gasteiger partial charge in [-0.05, 0) is 18.6 Å². The summed E-state index contributed by atoms with van der Waals surface area (Å²) in [6, 6.07) is 6.44. The fraction of sp³-hybridized carbons (Fsp3) is 0.333. The van der Waals surface area contributed by atoms with Gasteiger partial charge in [0.25, 0.3) is 0 Å². The molecule has 0 saturated heterocycles. The summed E-state index contributed by atoms with van der Waals surface area (Å²) in [5, 5.41) is 10.4. The van der Waals surface area contributed by atoms with Crippen LogP contribution in [0, 0.1) is 12.7 Å². The van der Waals surface area contributed by atoms with Gasteiger partial charge in [-0.15, -0.1) is 0 Å². The van der Waals surface area contributed by atoms with Crippen molar-refractivity contribution < 1.29 is 14.2 Å². The molecule has 1 unspecified atom stereocenters. The molecule has 21 heavy (non-hydrogen) atoms. The van der Waals surface area contributed by atoms with Crippen LogP contribution in [0.25, 0.3) is 0 Å². The zero-order valence-corrected chi connectivity index (χ0v) is 12.5. The Bertz CT molecular complexity index is 566. The minimum atomic E-state index is -0.647. The lowest BCUT2D eigenvalue weighted by Gasteiger charge is -2.11. The highest BCUT2D eigenvalue weighted by Gasteiger charge is 2.08. The number of hydrogen-bond donors (Lipinski definition) is 1. The zero-order chi connectivity index (χ0) is 15.1. The van der Waals surface area contributed by atoms with Gasteiger partial charge in [0.15, 0.2) is 5.16 Å². The highest BCUT2D eigenvalue weighted by atomic mass is 32.2. The molecule has 2 rings (SSSR count). The van der Waals surface area contributed by atoms with Crippen LogP contribution in [-0.2, 0) is 11.3 Å². The largest absolute Gasteiger partial charge is 0.390 e. The molecule has 0 fully saturated rings. The summed E-state index contributed by atoms with van der Waals surface area (Å²) >= 11 is 1.36. The van der Waals surface area contributed by atoms with Gasteiger partial charge in [0, 0.05) is 23.7 Å². The van der Waals surface area contributed by atoms with Gasteiger partial charge in [0.1, 0.15) is 5.82 Å². The molecule has 6 heteroatoms. The van der Waals surface area contributed by atoms with Crippen molar-refractivity contribution >= 4 is 11.8 Å². The van der Waals surface area contributed by atoms with Crippen LogP contribution in [0.1, 0.15) is 11.1 Å². The molecular formula is C15H17FN2O2S. The topological polar surface area (TPSA) is 55.2 Å². The number of benzene rings is 1. The molecule has 1 aromatic carbocycles. The second kappa shape index (κ2) is 8.07. The molecular weight excluding hydrogens is 291 g/mol. The molecule has 0 amide bonds. The van der Waals surface area contributed by atoms with Crippen LogP contribution < -0.4 is 0 Å². The van der Waals surface area contributed by atoms with Crippen LogP contribution >= 0.6 is 11.8 Å². The lowest BCUT2D eigenvalue weighted by atomic mass is 10.2. The number of ether oxygens (including phenoxy) is 1. The Hall–Kier alpha value is -1.50. The molecule has 0 aliphatic carbocycles. The SMILES string of the molecule is Cc1cnc(SCC(O)COCc2ccccc2F)nc1. The summed E-state index contributed by atoms with van der Waals surface area (Å²) in [7, 11) is 0. The highest BCUT2D eigenvalue weighted by Crippen LogP contribution is 2.14. The average Bonchev–Trinajstić information content (AvgIpc) is 2.49. The van der Waals surface area contributed by atoms with Crippen molar-refractivity contribution in [2.45, 2.75) is 24.8 Å². The maximum absolute atomic E-state index is 13.4. The lowest BCUT2D eigenvalue weighted by molar-refractivity contribution is 0.0386. The fourth-order valence-corrected chi connectivity index (χ4v) is 2.29. The van der Waals surface area contributed by atoms with Crippen molar-refractivity contribution in [1.82, 2.24) is 9.97 Å². The van der Waals surface area contributed by atoms with E-state index in [4.69, 9.17) is 4.74 Å². The van der Waals surface area contributed by atoms with Crippen molar-refractivity contribution in [3.8, 4) is 0 Å². The second-order valence-corrected chi connectivity index (χ2v) is 5.60. The number of aromatic nitrogens is 2. The predicted octanol–water partition coefficient (Wildman–Crippen LogP) is 2.59. The van der Waals surface area contributed by atoms with Gasteiger partial charge in [-0.25, -0.2) is 14.4 Å². The molecule has 1 N–H and O–H groups in total. The molecule has 0 radical (unpaired) electrons. The lowest BCUT2D eigenvalue weighted by Crippen LogP contribution is -2.18. The van der Waals surface area contributed by atoms with E-state index < -0.39 is 6.10 Å². The molecule has 1 atom stereocenters. The summed E-state index contributed by atoms with van der Waals surface area (Å²) in [5.74, 6) is 0.134. The zero-order valence-electron chi connectivity index (χ0n) is 11.7. The Balaban J connectivity index is 1.69. The van der Waals surface area contributed by atoms with Crippen molar-refractivity contribution in [2.24, 2.45) is 0 Å². The van der Waals surface area contributed by atoms with Gasteiger partial charge in [-0.1, -0.05) is 30.0 Å². The number of rotatable bonds is 7. The van der Waals surface area contributed by atoms with E-state index in [1.807, 2.05) is 6.92 Å². The van der Waals surface area contributed by atoms with Gasteiger partial charge in [-0.2, -0.15) is 0 Å². The Morgan fingerprint density at radius 1 is 1.29 bits per heavy atom. The quantitative estimate of drug-likeness (QED) is 0.629. The number of halogens is 1. The Labute approximate surface area is 127 Å². The van der Waals surface area contributed by atoms with Crippen LogP contribution in [0.5, 0.6) is 0 Å². The van der Waals surface area contributed by atoms with Crippen LogP contribution in [0.4, 0.5) is 4.39 Å². The first kappa shape index (κ1) is 15.9. The van der Waals surface area contributed by atoms with Crippen molar-refractivity contribution in [1.29, 1.82) is 0 Å². The fourth-order valence-electron chi connectivity index (χ4n) is 1.59. The van der Waals surface area contributed by atoms with E-state index >= 15 is 0 Å². The second-order valence-electron chi connectivity index (χ2n) is 4.61. The Morgan fingerprint density at radius 2 is 2.00 bits per heavy atom. The van der Waals surface area contributed by atoms with Gasteiger partial charge in [-0.3, -0.25) is 0 Å². The number of nitrogens with zero attached hydrogens (tertiary/aromatic N) is 2. The first-order chi connectivity index (χ1) is 10.1. The molecule has 0 bridgehead atoms. The normalized spacial score (nSPS) is 12.3. The maximum atomic E-state index is 13.4. The number of hydrogen-bond acceptors (Lipinski definition) is 5. The molecule has 0 aliphatic rings. The van der Waals surface area contributed by atoms with Gasteiger partial charge in [0.2, 0.25) is 0 Å². The van der Waals surface area contributed by atoms with Crippen molar-refractivity contribution in [3.63, 3.8) is 0 Å². The minimum absolute atomic E-state index is 0.146. The summed E-state index contributed by atoms with van der Waals surface area (Å²) in [6.45, 7) is 2.21. The number of thioether (sulfide) groups is 1. The molecule has 112 valence electrons. The van der Waals surface area contributed by atoms with E-state index in [2.05, 4.69) is 9.97 Å². The predicted molar refractivity (Wildman–Crippen MR) is 79.6 cm³/mol. The van der Waals surface area contributed by atoms with Crippen molar-refractivity contribution in [3.05, 3.63) is 53.6 Å². The Morgan fingerprint density at radius 3 is 2.71 bits per heavy atom. The van der Waals surface area contributed by atoms with E-state index in [0.29, 0.717) is 16.5 Å². The maximum Gasteiger partial charge on any atom is 0.187 e. The molecule has 4 nitrogen and oxygen atoms in total. The molecule has 1 heterocycles. The average molecular weight is 308 g/mol. The van der Waals surface area contributed by atoms with E-state index in [1.165, 1.54) is 17.8 Å². The first-order valence-electron chi connectivity index (χ1n) is 6.56. The number of aryl methyl sites for hydroxylation is 1. The van der Waals surface area contributed by atoms with E-state index in [0.717, 1.165) is 5.56 Å². The molecule has 1 aromatic heterocycles. The third-order valence-corrected chi connectivity index (χ3v) is 3.71. The molecule has 0 aliphatic heterocycles. The Kier molecular flexibility index (Phi) is 6.10. The number of aliphatic hydroxyl groups excluding tert-OH is 1. The van der Waals surface area contributed by atoms with Crippen LogP contribution in [-0.4, -0.2) is 33.5 Å². The van der Waals surface area contributed by atoms with E-state index in [-0.39, 0.29) is 19.0 Å². The van der Waals surface area contributed by atoms with Gasteiger partial charge >= 0.3 is 0 Å². The van der Waals surface area contributed by atoms with Gasteiger partial charge < -0.3 is 9.84 Å². The van der Waals surface area contributed by atoms with Crippen LogP contribution in [0.15, 0.2) is 41.8 Å². The molecule has 0 saturated carbocycles. The third kappa shape index (κ3) is 5.41. The summed E-state index contributed by atoms with van der Waals surface area (Å²) < 4.78 is 18.7. The monoisotopic (exact) mass is 308 g/mol. The minimum Gasteiger partial charge on any atom is -0.390 e. The van der Waals surface area contributed by atoms with Crippen molar-refractivity contribution in [2.75, 3.05) is 12.4 Å². The smallest absolute Gasteiger partial charge is 0.187 e. The van der Waals surface area contributed by atoms with E-state index in [9.17, 15) is 9.50 Å². The van der Waals surface area contributed by atoms with Crippen LogP contribution in [0.2, 0.25) is 0 Å². The first-order valence-corrected chi connectivity index (χ1v) is 7.54. The van der Waals surface area contributed by atoms with Gasteiger partial charge in [0.05, 0.1) is 19.3 Å². The summed E-state index contributed by atoms with van der Waals surface area (Å²) in [4.78, 5) is 8.28. The van der Waals surface area contributed by atoms with Crippen LogP contribution in [0.3, 0.4) is 0 Å². The number of aliphatic hydroxyl groups is 1. The molecule has 0 spiro atoms. The third-order valence-electron chi connectivity index (χ3n) is 2.69. The highest BCUT2D eigenvalue weighted by molar-refractivity contribution is 7.99. The summed E-state index contributed by atoms with van der Waals surface area (Å²) in [5.41, 5.74) is 1.48. The summed E-state index contributed by atoms with van der Waals surface area (Å²) in [6.07, 6.45) is 2.82.